The van der Waals surface area contributed by atoms with Crippen LogP contribution in [0.15, 0.2) is 54.7 Å². The molecule has 3 aromatic rings. The Kier molecular flexibility index (Phi) is 3.62. The Hall–Kier alpha value is -2.33. The zero-order chi connectivity index (χ0) is 14.8. The normalized spacial score (nSPS) is 10.9. The van der Waals surface area contributed by atoms with Crippen LogP contribution in [-0.4, -0.2) is 9.49 Å². The smallest absolute Gasteiger partial charge is 0.272 e. The number of nitro benzene ring substituents is 1. The highest BCUT2D eigenvalue weighted by Crippen LogP contribution is 2.25. The van der Waals surface area contributed by atoms with Gasteiger partial charge in [-0.15, -0.1) is 0 Å². The number of benzene rings is 2. The molecule has 0 amide bonds. The number of halogens is 1. The van der Waals surface area contributed by atoms with Crippen molar-refractivity contribution in [2.45, 2.75) is 13.0 Å². The van der Waals surface area contributed by atoms with Crippen molar-refractivity contribution in [3.63, 3.8) is 0 Å². The van der Waals surface area contributed by atoms with Crippen molar-refractivity contribution in [3.05, 3.63) is 75.4 Å². The molecule has 0 aliphatic heterocycles. The predicted octanol–water partition coefficient (Wildman–Crippen LogP) is 4.45. The van der Waals surface area contributed by atoms with E-state index in [0.29, 0.717) is 18.0 Å². The minimum Gasteiger partial charge on any atom is -0.346 e. The van der Waals surface area contributed by atoms with E-state index in [-0.39, 0.29) is 10.6 Å². The van der Waals surface area contributed by atoms with Gasteiger partial charge in [0.15, 0.2) is 0 Å². The highest BCUT2D eigenvalue weighted by atomic mass is 35.5. The van der Waals surface area contributed by atoms with Crippen LogP contribution in [0.4, 0.5) is 5.69 Å². The zero-order valence-electron chi connectivity index (χ0n) is 11.2. The number of aryl methyl sites for hydroxylation is 2. The summed E-state index contributed by atoms with van der Waals surface area (Å²) >= 11 is 6.24. The molecular formula is C16H13ClN2O2. The van der Waals surface area contributed by atoms with Gasteiger partial charge in [0, 0.05) is 29.8 Å². The number of rotatable bonds is 4. The van der Waals surface area contributed by atoms with Crippen LogP contribution in [-0.2, 0) is 13.0 Å². The van der Waals surface area contributed by atoms with E-state index in [1.165, 1.54) is 6.07 Å². The average Bonchev–Trinajstić information content (AvgIpc) is 2.90. The lowest BCUT2D eigenvalue weighted by Crippen LogP contribution is -2.02. The molecule has 2 aromatic carbocycles. The fourth-order valence-electron chi connectivity index (χ4n) is 2.54. The summed E-state index contributed by atoms with van der Waals surface area (Å²) in [5.41, 5.74) is 1.87. The summed E-state index contributed by atoms with van der Waals surface area (Å²) in [6.45, 7) is 0.651. The van der Waals surface area contributed by atoms with E-state index in [1.807, 2.05) is 41.1 Å². The predicted molar refractivity (Wildman–Crippen MR) is 83.7 cm³/mol. The molecule has 3 rings (SSSR count). The monoisotopic (exact) mass is 300 g/mol. The number of fused-ring (bicyclic) bond motifs is 1. The Morgan fingerprint density at radius 3 is 2.71 bits per heavy atom. The largest absolute Gasteiger partial charge is 0.346 e. The minimum atomic E-state index is -0.337. The Morgan fingerprint density at radius 2 is 1.90 bits per heavy atom. The van der Waals surface area contributed by atoms with Gasteiger partial charge in [-0.3, -0.25) is 10.1 Å². The van der Waals surface area contributed by atoms with Crippen LogP contribution < -0.4 is 0 Å². The fraction of sp³-hybridized carbons (Fsp3) is 0.125. The summed E-state index contributed by atoms with van der Waals surface area (Å²) in [5.74, 6) is 0. The van der Waals surface area contributed by atoms with Crippen LogP contribution in [0.1, 0.15) is 5.56 Å². The van der Waals surface area contributed by atoms with E-state index in [4.69, 9.17) is 11.6 Å². The molecular weight excluding hydrogens is 288 g/mol. The molecule has 0 saturated carbocycles. The summed E-state index contributed by atoms with van der Waals surface area (Å²) in [7, 11) is 0. The Morgan fingerprint density at radius 1 is 1.10 bits per heavy atom. The number of nitrogens with zero attached hydrogens (tertiary/aromatic N) is 2. The second-order valence-corrected chi connectivity index (χ2v) is 5.23. The molecule has 1 aromatic heterocycles. The minimum absolute atomic E-state index is 0.167. The van der Waals surface area contributed by atoms with E-state index in [9.17, 15) is 10.1 Å². The van der Waals surface area contributed by atoms with Gasteiger partial charge in [-0.25, -0.2) is 0 Å². The third kappa shape index (κ3) is 2.62. The molecule has 5 heteroatoms. The van der Waals surface area contributed by atoms with Crippen molar-refractivity contribution in [2.24, 2.45) is 0 Å². The lowest BCUT2D eigenvalue weighted by molar-refractivity contribution is -0.385. The second kappa shape index (κ2) is 5.58. The standard InChI is InChI=1S/C16H13ClN2O2/c17-14-6-3-5-13-9-11-18(16(13)14)10-8-12-4-1-2-7-15(12)19(20)21/h1-7,9,11H,8,10H2. The highest BCUT2D eigenvalue weighted by Gasteiger charge is 2.12. The van der Waals surface area contributed by atoms with Gasteiger partial charge in [0.2, 0.25) is 0 Å². The molecule has 0 fully saturated rings. The van der Waals surface area contributed by atoms with Crippen molar-refractivity contribution in [2.75, 3.05) is 0 Å². The van der Waals surface area contributed by atoms with Crippen molar-refractivity contribution in [1.82, 2.24) is 4.57 Å². The maximum Gasteiger partial charge on any atom is 0.272 e. The van der Waals surface area contributed by atoms with Gasteiger partial charge in [-0.05, 0) is 18.6 Å². The third-order valence-electron chi connectivity index (χ3n) is 3.55. The van der Waals surface area contributed by atoms with Gasteiger partial charge in [0.25, 0.3) is 5.69 Å². The molecule has 0 unspecified atom stereocenters. The number of hydrogen-bond acceptors (Lipinski definition) is 2. The highest BCUT2D eigenvalue weighted by molar-refractivity contribution is 6.35. The fourth-order valence-corrected chi connectivity index (χ4v) is 2.83. The van der Waals surface area contributed by atoms with Crippen LogP contribution in [0.3, 0.4) is 0 Å². The van der Waals surface area contributed by atoms with Gasteiger partial charge in [0.1, 0.15) is 0 Å². The first-order valence-electron chi connectivity index (χ1n) is 6.62. The number of aromatic nitrogens is 1. The molecule has 0 radical (unpaired) electrons. The molecule has 0 aliphatic carbocycles. The van der Waals surface area contributed by atoms with Gasteiger partial charge in [-0.1, -0.05) is 41.9 Å². The third-order valence-corrected chi connectivity index (χ3v) is 3.85. The lowest BCUT2D eigenvalue weighted by Gasteiger charge is -2.07. The number of para-hydroxylation sites is 2. The van der Waals surface area contributed by atoms with Crippen LogP contribution in [0.2, 0.25) is 5.02 Å². The SMILES string of the molecule is O=[N+]([O-])c1ccccc1CCn1ccc2cccc(Cl)c21. The average molecular weight is 301 g/mol. The molecule has 0 saturated heterocycles. The molecule has 106 valence electrons. The Balaban J connectivity index is 1.89. The van der Waals surface area contributed by atoms with Crippen molar-refractivity contribution < 1.29 is 4.92 Å². The van der Waals surface area contributed by atoms with Gasteiger partial charge >= 0.3 is 0 Å². The van der Waals surface area contributed by atoms with Gasteiger partial charge in [0.05, 0.1) is 15.5 Å². The summed E-state index contributed by atoms with van der Waals surface area (Å²) in [6.07, 6.45) is 2.55. The van der Waals surface area contributed by atoms with Gasteiger partial charge in [-0.2, -0.15) is 0 Å². The zero-order valence-corrected chi connectivity index (χ0v) is 12.0. The molecule has 0 atom stereocenters. The van der Waals surface area contributed by atoms with E-state index in [0.717, 1.165) is 16.5 Å². The van der Waals surface area contributed by atoms with Gasteiger partial charge < -0.3 is 4.57 Å². The maximum atomic E-state index is 11.0. The number of nitro groups is 1. The van der Waals surface area contributed by atoms with Crippen LogP contribution in [0.25, 0.3) is 10.9 Å². The molecule has 21 heavy (non-hydrogen) atoms. The van der Waals surface area contributed by atoms with E-state index in [1.54, 1.807) is 12.1 Å². The summed E-state index contributed by atoms with van der Waals surface area (Å²) in [4.78, 5) is 10.7. The van der Waals surface area contributed by atoms with Crippen molar-refractivity contribution in [3.8, 4) is 0 Å². The van der Waals surface area contributed by atoms with E-state index < -0.39 is 0 Å². The molecule has 0 spiro atoms. The molecule has 0 bridgehead atoms. The van der Waals surface area contributed by atoms with Crippen LogP contribution in [0, 0.1) is 10.1 Å². The summed E-state index contributed by atoms with van der Waals surface area (Å²) in [5, 5.41) is 12.8. The molecule has 0 aliphatic rings. The van der Waals surface area contributed by atoms with Crippen molar-refractivity contribution in [1.29, 1.82) is 0 Å². The Labute approximate surface area is 126 Å². The first kappa shape index (κ1) is 13.6. The first-order chi connectivity index (χ1) is 10.2. The molecule has 0 N–H and O–H groups in total. The first-order valence-corrected chi connectivity index (χ1v) is 7.00. The summed E-state index contributed by atoms with van der Waals surface area (Å²) in [6, 6.07) is 14.6. The maximum absolute atomic E-state index is 11.0. The lowest BCUT2D eigenvalue weighted by atomic mass is 10.1. The van der Waals surface area contributed by atoms with Crippen molar-refractivity contribution >= 4 is 28.2 Å². The molecule has 4 nitrogen and oxygen atoms in total. The molecule has 1 heterocycles. The van der Waals surface area contributed by atoms with E-state index in [2.05, 4.69) is 0 Å². The second-order valence-electron chi connectivity index (χ2n) is 4.82. The topological polar surface area (TPSA) is 48.1 Å². The quantitative estimate of drug-likeness (QED) is 0.528. The number of hydrogen-bond donors (Lipinski definition) is 0. The van der Waals surface area contributed by atoms with Crippen LogP contribution >= 0.6 is 11.6 Å². The van der Waals surface area contributed by atoms with E-state index >= 15 is 0 Å². The van der Waals surface area contributed by atoms with Crippen LogP contribution in [0.5, 0.6) is 0 Å². The Bertz CT molecular complexity index is 811. The summed E-state index contributed by atoms with van der Waals surface area (Å²) < 4.78 is 2.04.